The molecule has 0 radical (unpaired) electrons. The average Bonchev–Trinajstić information content (AvgIpc) is 2.80. The number of hydrogen-bond donors (Lipinski definition) is 1. The maximum absolute atomic E-state index is 5.90. The van der Waals surface area contributed by atoms with E-state index in [9.17, 15) is 0 Å². The van der Waals surface area contributed by atoms with E-state index in [-0.39, 0.29) is 0 Å². The zero-order valence-electron chi connectivity index (χ0n) is 8.70. The van der Waals surface area contributed by atoms with Gasteiger partial charge in [-0.15, -0.1) is 11.3 Å². The molecule has 0 aromatic carbocycles. The maximum atomic E-state index is 5.90. The summed E-state index contributed by atoms with van der Waals surface area (Å²) in [5.74, 6) is 0.942. The Morgan fingerprint density at radius 2 is 2.38 bits per heavy atom. The Labute approximate surface area is 112 Å². The van der Waals surface area contributed by atoms with Gasteiger partial charge in [0, 0.05) is 22.9 Å². The van der Waals surface area contributed by atoms with E-state index in [2.05, 4.69) is 37.7 Å². The molecule has 1 N–H and O–H groups in total. The molecular formula is C10H11BrClN3S. The minimum absolute atomic E-state index is 0.661. The van der Waals surface area contributed by atoms with Crippen molar-refractivity contribution in [3.63, 3.8) is 0 Å². The van der Waals surface area contributed by atoms with Gasteiger partial charge >= 0.3 is 0 Å². The molecule has 0 amide bonds. The number of halogens is 2. The van der Waals surface area contributed by atoms with Crippen LogP contribution in [0.5, 0.6) is 0 Å². The van der Waals surface area contributed by atoms with E-state index in [1.807, 2.05) is 11.6 Å². The van der Waals surface area contributed by atoms with Crippen LogP contribution in [0.15, 0.2) is 22.1 Å². The van der Waals surface area contributed by atoms with Crippen LogP contribution in [0.4, 0.5) is 0 Å². The van der Waals surface area contributed by atoms with Crippen molar-refractivity contribution in [3.8, 4) is 0 Å². The molecule has 16 heavy (non-hydrogen) atoms. The lowest BCUT2D eigenvalue weighted by atomic mass is 10.4. The normalized spacial score (nSPS) is 10.9. The molecule has 2 aromatic rings. The van der Waals surface area contributed by atoms with Gasteiger partial charge in [0.05, 0.1) is 12.7 Å². The molecule has 0 aliphatic heterocycles. The first-order chi connectivity index (χ1) is 7.68. The van der Waals surface area contributed by atoms with E-state index in [4.69, 9.17) is 11.6 Å². The van der Waals surface area contributed by atoms with Gasteiger partial charge in [0.1, 0.15) is 11.0 Å². The lowest BCUT2D eigenvalue weighted by Gasteiger charge is -2.04. The number of thiophene rings is 1. The Bertz CT molecular complexity index is 480. The van der Waals surface area contributed by atoms with Gasteiger partial charge in [0.15, 0.2) is 0 Å². The standard InChI is InChI=1S/C10H11BrClN3S/c1-15-9(12)5-14-10(15)6-13-4-8-7(11)2-3-16-8/h2-3,5,13H,4,6H2,1H3. The van der Waals surface area contributed by atoms with Crippen LogP contribution in [-0.2, 0) is 20.1 Å². The third-order valence-electron chi connectivity index (χ3n) is 2.29. The van der Waals surface area contributed by atoms with Crippen molar-refractivity contribution in [2.45, 2.75) is 13.1 Å². The number of nitrogens with one attached hydrogen (secondary N) is 1. The van der Waals surface area contributed by atoms with Gasteiger partial charge < -0.3 is 9.88 Å². The number of hydrogen-bond acceptors (Lipinski definition) is 3. The Kier molecular flexibility index (Phi) is 4.02. The minimum Gasteiger partial charge on any atom is -0.321 e. The van der Waals surface area contributed by atoms with Crippen molar-refractivity contribution in [2.24, 2.45) is 7.05 Å². The summed E-state index contributed by atoms with van der Waals surface area (Å²) in [6.45, 7) is 1.55. The van der Waals surface area contributed by atoms with E-state index >= 15 is 0 Å². The number of imidazole rings is 1. The molecule has 0 bridgehead atoms. The van der Waals surface area contributed by atoms with Crippen LogP contribution in [0, 0.1) is 0 Å². The van der Waals surface area contributed by atoms with Gasteiger partial charge in [-0.25, -0.2) is 4.98 Å². The fraction of sp³-hybridized carbons (Fsp3) is 0.300. The van der Waals surface area contributed by atoms with Crippen LogP contribution >= 0.6 is 38.9 Å². The highest BCUT2D eigenvalue weighted by atomic mass is 79.9. The largest absolute Gasteiger partial charge is 0.321 e. The molecule has 2 aromatic heterocycles. The lowest BCUT2D eigenvalue weighted by Crippen LogP contribution is -2.15. The molecule has 2 heterocycles. The van der Waals surface area contributed by atoms with E-state index in [0.717, 1.165) is 16.8 Å². The molecule has 0 atom stereocenters. The monoisotopic (exact) mass is 319 g/mol. The molecule has 0 aliphatic carbocycles. The molecule has 0 fully saturated rings. The average molecular weight is 321 g/mol. The molecule has 0 unspecified atom stereocenters. The van der Waals surface area contributed by atoms with E-state index in [1.54, 1.807) is 17.5 Å². The molecule has 0 aliphatic rings. The number of aromatic nitrogens is 2. The van der Waals surface area contributed by atoms with Crippen LogP contribution in [-0.4, -0.2) is 9.55 Å². The van der Waals surface area contributed by atoms with E-state index < -0.39 is 0 Å². The summed E-state index contributed by atoms with van der Waals surface area (Å²) in [6.07, 6.45) is 1.67. The van der Waals surface area contributed by atoms with Gasteiger partial charge in [-0.2, -0.15) is 0 Å². The Morgan fingerprint density at radius 3 is 2.94 bits per heavy atom. The summed E-state index contributed by atoms with van der Waals surface area (Å²) in [5.41, 5.74) is 0. The van der Waals surface area contributed by atoms with E-state index in [0.29, 0.717) is 11.7 Å². The van der Waals surface area contributed by atoms with Crippen molar-refractivity contribution in [2.75, 3.05) is 0 Å². The second-order valence-electron chi connectivity index (χ2n) is 3.35. The van der Waals surface area contributed by atoms with Crippen LogP contribution in [0.1, 0.15) is 10.7 Å². The highest BCUT2D eigenvalue weighted by Gasteiger charge is 2.05. The molecule has 86 valence electrons. The second-order valence-corrected chi connectivity index (χ2v) is 5.59. The smallest absolute Gasteiger partial charge is 0.128 e. The lowest BCUT2D eigenvalue weighted by molar-refractivity contribution is 0.643. The highest BCUT2D eigenvalue weighted by molar-refractivity contribution is 9.10. The first-order valence-electron chi connectivity index (χ1n) is 4.77. The van der Waals surface area contributed by atoms with Crippen molar-refractivity contribution in [1.29, 1.82) is 0 Å². The zero-order valence-corrected chi connectivity index (χ0v) is 11.9. The fourth-order valence-corrected chi connectivity index (χ4v) is 2.94. The fourth-order valence-electron chi connectivity index (χ4n) is 1.33. The van der Waals surface area contributed by atoms with Gasteiger partial charge in [-0.05, 0) is 27.4 Å². The van der Waals surface area contributed by atoms with Crippen molar-refractivity contribution in [3.05, 3.63) is 38.0 Å². The summed E-state index contributed by atoms with van der Waals surface area (Å²) in [6, 6.07) is 2.05. The van der Waals surface area contributed by atoms with Gasteiger partial charge in [0.25, 0.3) is 0 Å². The van der Waals surface area contributed by atoms with E-state index in [1.165, 1.54) is 4.88 Å². The quantitative estimate of drug-likeness (QED) is 0.937. The molecule has 0 spiro atoms. The zero-order chi connectivity index (χ0) is 11.5. The first-order valence-corrected chi connectivity index (χ1v) is 6.82. The van der Waals surface area contributed by atoms with Crippen LogP contribution in [0.3, 0.4) is 0 Å². The molecule has 6 heteroatoms. The maximum Gasteiger partial charge on any atom is 0.128 e. The summed E-state index contributed by atoms with van der Waals surface area (Å²) in [4.78, 5) is 5.51. The summed E-state index contributed by atoms with van der Waals surface area (Å²) in [5, 5.41) is 6.07. The predicted molar refractivity (Wildman–Crippen MR) is 70.8 cm³/mol. The topological polar surface area (TPSA) is 29.9 Å². The third kappa shape index (κ3) is 2.66. The molecule has 0 saturated carbocycles. The first kappa shape index (κ1) is 12.1. The summed E-state index contributed by atoms with van der Waals surface area (Å²) >= 11 is 11.1. The molecular weight excluding hydrogens is 310 g/mol. The highest BCUT2D eigenvalue weighted by Crippen LogP contribution is 2.22. The van der Waals surface area contributed by atoms with Crippen molar-refractivity contribution < 1.29 is 0 Å². The third-order valence-corrected chi connectivity index (χ3v) is 4.56. The summed E-state index contributed by atoms with van der Waals surface area (Å²) < 4.78 is 3.03. The van der Waals surface area contributed by atoms with Crippen LogP contribution in [0.25, 0.3) is 0 Å². The SMILES string of the molecule is Cn1c(Cl)cnc1CNCc1sccc1Br. The molecule has 3 nitrogen and oxygen atoms in total. The number of nitrogens with zero attached hydrogens (tertiary/aromatic N) is 2. The van der Waals surface area contributed by atoms with Gasteiger partial charge in [-0.1, -0.05) is 11.6 Å². The minimum atomic E-state index is 0.661. The van der Waals surface area contributed by atoms with Crippen LogP contribution < -0.4 is 5.32 Å². The number of rotatable bonds is 4. The Morgan fingerprint density at radius 1 is 1.56 bits per heavy atom. The van der Waals surface area contributed by atoms with Gasteiger partial charge in [-0.3, -0.25) is 0 Å². The Balaban J connectivity index is 1.89. The second kappa shape index (κ2) is 5.31. The van der Waals surface area contributed by atoms with Crippen molar-refractivity contribution in [1.82, 2.24) is 14.9 Å². The summed E-state index contributed by atoms with van der Waals surface area (Å²) in [7, 11) is 1.91. The predicted octanol–water partition coefficient (Wildman–Crippen LogP) is 3.19. The van der Waals surface area contributed by atoms with Crippen LogP contribution in [0.2, 0.25) is 5.15 Å². The van der Waals surface area contributed by atoms with Crippen molar-refractivity contribution >= 4 is 38.9 Å². The molecule has 2 rings (SSSR count). The molecule has 0 saturated heterocycles. The Hall–Kier alpha value is -0.360. The van der Waals surface area contributed by atoms with Gasteiger partial charge in [0.2, 0.25) is 0 Å².